The SMILES string of the molecule is COc1cccc(OC)c1C(=O)Oc1cc(C(C)C)nn1-c1ccccc1Cl. The quantitative estimate of drug-likeness (QED) is 0.551. The Balaban J connectivity index is 2.06. The summed E-state index contributed by atoms with van der Waals surface area (Å²) in [6.45, 7) is 4.02. The van der Waals surface area contributed by atoms with E-state index in [0.29, 0.717) is 22.2 Å². The molecule has 146 valence electrons. The predicted molar refractivity (Wildman–Crippen MR) is 107 cm³/mol. The molecule has 1 aromatic heterocycles. The van der Waals surface area contributed by atoms with Gasteiger partial charge in [-0.25, -0.2) is 4.79 Å². The lowest BCUT2D eigenvalue weighted by Gasteiger charge is -2.13. The zero-order valence-corrected chi connectivity index (χ0v) is 16.9. The van der Waals surface area contributed by atoms with Gasteiger partial charge in [0.05, 0.1) is 30.6 Å². The third-order valence-electron chi connectivity index (χ3n) is 4.20. The van der Waals surface area contributed by atoms with Gasteiger partial charge in [0.2, 0.25) is 5.88 Å². The van der Waals surface area contributed by atoms with Gasteiger partial charge in [0.15, 0.2) is 0 Å². The number of methoxy groups -OCH3 is 2. The first kappa shape index (κ1) is 19.8. The Kier molecular flexibility index (Phi) is 5.90. The molecule has 7 heteroatoms. The molecule has 1 heterocycles. The van der Waals surface area contributed by atoms with Gasteiger partial charge in [-0.15, -0.1) is 0 Å². The molecule has 0 saturated carbocycles. The van der Waals surface area contributed by atoms with Crippen LogP contribution in [0.5, 0.6) is 17.4 Å². The minimum absolute atomic E-state index is 0.141. The molecule has 0 unspecified atom stereocenters. The number of benzene rings is 2. The van der Waals surface area contributed by atoms with Gasteiger partial charge in [-0.3, -0.25) is 0 Å². The van der Waals surface area contributed by atoms with Crippen LogP contribution < -0.4 is 14.2 Å². The highest BCUT2D eigenvalue weighted by atomic mass is 35.5. The average Bonchev–Trinajstić information content (AvgIpc) is 3.11. The monoisotopic (exact) mass is 400 g/mol. The number of hydrogen-bond donors (Lipinski definition) is 0. The Hall–Kier alpha value is -2.99. The Labute approximate surface area is 168 Å². The number of hydrogen-bond acceptors (Lipinski definition) is 5. The van der Waals surface area contributed by atoms with E-state index in [0.717, 1.165) is 5.69 Å². The molecule has 0 N–H and O–H groups in total. The molecule has 0 saturated heterocycles. The number of nitrogens with zero attached hydrogens (tertiary/aromatic N) is 2. The Morgan fingerprint density at radius 3 is 2.25 bits per heavy atom. The molecule has 0 aliphatic rings. The zero-order chi connectivity index (χ0) is 20.3. The molecule has 2 aromatic carbocycles. The standard InChI is InChI=1S/C21H21ClN2O4/c1-13(2)15-12-19(24(23-15)16-9-6-5-8-14(16)22)28-21(25)20-17(26-3)10-7-11-18(20)27-4/h5-13H,1-4H3. The summed E-state index contributed by atoms with van der Waals surface area (Å²) in [4.78, 5) is 13.0. The summed E-state index contributed by atoms with van der Waals surface area (Å²) in [6.07, 6.45) is 0. The van der Waals surface area contributed by atoms with Crippen LogP contribution in [-0.4, -0.2) is 30.0 Å². The van der Waals surface area contributed by atoms with Crippen LogP contribution in [0.1, 0.15) is 35.8 Å². The lowest BCUT2D eigenvalue weighted by Crippen LogP contribution is -2.14. The van der Waals surface area contributed by atoms with E-state index in [1.807, 2.05) is 26.0 Å². The van der Waals surface area contributed by atoms with Gasteiger partial charge in [-0.05, 0) is 30.2 Å². The summed E-state index contributed by atoms with van der Waals surface area (Å²) in [5.41, 5.74) is 1.59. The molecule has 28 heavy (non-hydrogen) atoms. The second kappa shape index (κ2) is 8.35. The molecular formula is C21H21ClN2O4. The first-order valence-corrected chi connectivity index (χ1v) is 9.12. The number of halogens is 1. The van der Waals surface area contributed by atoms with Crippen LogP contribution in [-0.2, 0) is 0 Å². The lowest BCUT2D eigenvalue weighted by atomic mass is 10.1. The second-order valence-corrected chi connectivity index (χ2v) is 6.76. The van der Waals surface area contributed by atoms with Gasteiger partial charge in [-0.2, -0.15) is 9.78 Å². The van der Waals surface area contributed by atoms with Gasteiger partial charge >= 0.3 is 5.97 Å². The molecule has 0 atom stereocenters. The van der Waals surface area contributed by atoms with E-state index in [1.165, 1.54) is 18.9 Å². The third kappa shape index (κ3) is 3.82. The highest BCUT2D eigenvalue weighted by Gasteiger charge is 2.24. The van der Waals surface area contributed by atoms with Crippen LogP contribution in [0, 0.1) is 0 Å². The van der Waals surface area contributed by atoms with Gasteiger partial charge < -0.3 is 14.2 Å². The molecule has 3 aromatic rings. The normalized spacial score (nSPS) is 10.8. The number of para-hydroxylation sites is 1. The van der Waals surface area contributed by atoms with Crippen molar-refractivity contribution in [3.05, 3.63) is 64.8 Å². The highest BCUT2D eigenvalue weighted by Crippen LogP contribution is 2.32. The van der Waals surface area contributed by atoms with E-state index < -0.39 is 5.97 Å². The number of aromatic nitrogens is 2. The largest absolute Gasteiger partial charge is 0.496 e. The Morgan fingerprint density at radius 1 is 1.04 bits per heavy atom. The Bertz CT molecular complexity index is 976. The first-order chi connectivity index (χ1) is 13.5. The molecule has 0 aliphatic heterocycles. The number of esters is 1. The first-order valence-electron chi connectivity index (χ1n) is 8.74. The maximum absolute atomic E-state index is 13.0. The van der Waals surface area contributed by atoms with E-state index in [-0.39, 0.29) is 17.4 Å². The van der Waals surface area contributed by atoms with Crippen molar-refractivity contribution in [1.82, 2.24) is 9.78 Å². The van der Waals surface area contributed by atoms with Gasteiger partial charge in [0, 0.05) is 6.07 Å². The van der Waals surface area contributed by atoms with Crippen LogP contribution in [0.25, 0.3) is 5.69 Å². The van der Waals surface area contributed by atoms with E-state index >= 15 is 0 Å². The number of carbonyl (C=O) groups excluding carboxylic acids is 1. The zero-order valence-electron chi connectivity index (χ0n) is 16.1. The van der Waals surface area contributed by atoms with Crippen LogP contribution in [0.2, 0.25) is 5.02 Å². The van der Waals surface area contributed by atoms with Crippen molar-refractivity contribution >= 4 is 17.6 Å². The second-order valence-electron chi connectivity index (χ2n) is 6.35. The number of carbonyl (C=O) groups is 1. The van der Waals surface area contributed by atoms with Crippen LogP contribution in [0.15, 0.2) is 48.5 Å². The van der Waals surface area contributed by atoms with E-state index in [4.69, 9.17) is 25.8 Å². The summed E-state index contributed by atoms with van der Waals surface area (Å²) >= 11 is 6.33. The van der Waals surface area contributed by atoms with E-state index in [9.17, 15) is 4.79 Å². The van der Waals surface area contributed by atoms with E-state index in [1.54, 1.807) is 36.4 Å². The van der Waals surface area contributed by atoms with Gasteiger partial charge in [-0.1, -0.05) is 43.6 Å². The molecule has 3 rings (SSSR count). The van der Waals surface area contributed by atoms with Crippen molar-refractivity contribution in [2.75, 3.05) is 14.2 Å². The molecule has 0 radical (unpaired) electrons. The fourth-order valence-electron chi connectivity index (χ4n) is 2.73. The van der Waals surface area contributed by atoms with Crippen LogP contribution >= 0.6 is 11.6 Å². The highest BCUT2D eigenvalue weighted by molar-refractivity contribution is 6.32. The summed E-state index contributed by atoms with van der Waals surface area (Å²) in [5.74, 6) is 0.504. The van der Waals surface area contributed by atoms with E-state index in [2.05, 4.69) is 5.10 Å². The van der Waals surface area contributed by atoms with Gasteiger partial charge in [0.1, 0.15) is 17.1 Å². The van der Waals surface area contributed by atoms with Crippen molar-refractivity contribution in [1.29, 1.82) is 0 Å². The third-order valence-corrected chi connectivity index (χ3v) is 4.52. The molecule has 0 aliphatic carbocycles. The number of rotatable bonds is 6. The maximum atomic E-state index is 13.0. The fraction of sp³-hybridized carbons (Fsp3) is 0.238. The van der Waals surface area contributed by atoms with Crippen LogP contribution in [0.3, 0.4) is 0 Å². The summed E-state index contributed by atoms with van der Waals surface area (Å²) in [6, 6.07) is 14.0. The minimum atomic E-state index is -0.613. The lowest BCUT2D eigenvalue weighted by molar-refractivity contribution is 0.0716. The number of ether oxygens (including phenoxy) is 3. The predicted octanol–water partition coefficient (Wildman–Crippen LogP) is 4.89. The van der Waals surface area contributed by atoms with Crippen molar-refractivity contribution in [2.45, 2.75) is 19.8 Å². The average molecular weight is 401 g/mol. The molecule has 0 spiro atoms. The van der Waals surface area contributed by atoms with Crippen LogP contribution in [0.4, 0.5) is 0 Å². The van der Waals surface area contributed by atoms with Crippen molar-refractivity contribution in [3.63, 3.8) is 0 Å². The maximum Gasteiger partial charge on any atom is 0.352 e. The smallest absolute Gasteiger partial charge is 0.352 e. The molecule has 0 bridgehead atoms. The summed E-state index contributed by atoms with van der Waals surface area (Å²) in [7, 11) is 2.97. The summed E-state index contributed by atoms with van der Waals surface area (Å²) < 4.78 is 17.8. The topological polar surface area (TPSA) is 62.6 Å². The van der Waals surface area contributed by atoms with Gasteiger partial charge in [0.25, 0.3) is 0 Å². The fourth-order valence-corrected chi connectivity index (χ4v) is 2.95. The molecule has 6 nitrogen and oxygen atoms in total. The summed E-state index contributed by atoms with van der Waals surface area (Å²) in [5, 5.41) is 5.06. The van der Waals surface area contributed by atoms with Crippen molar-refractivity contribution in [3.8, 4) is 23.1 Å². The van der Waals surface area contributed by atoms with Crippen molar-refractivity contribution in [2.24, 2.45) is 0 Å². The van der Waals surface area contributed by atoms with Crippen molar-refractivity contribution < 1.29 is 19.0 Å². The molecule has 0 amide bonds. The Morgan fingerprint density at radius 2 is 1.68 bits per heavy atom. The molecule has 0 fully saturated rings. The minimum Gasteiger partial charge on any atom is -0.496 e. The molecular weight excluding hydrogens is 380 g/mol.